The number of nitrogens with zero attached hydrogens (tertiary/aromatic N) is 2. The van der Waals surface area contributed by atoms with Crippen LogP contribution in [0.5, 0.6) is 0 Å². The van der Waals surface area contributed by atoms with Gasteiger partial charge in [-0.1, -0.05) is 29.8 Å². The molecule has 0 spiro atoms. The summed E-state index contributed by atoms with van der Waals surface area (Å²) in [6.07, 6.45) is 0. The summed E-state index contributed by atoms with van der Waals surface area (Å²) < 4.78 is 29.8. The third-order valence-electron chi connectivity index (χ3n) is 4.80. The maximum absolute atomic E-state index is 12.5. The van der Waals surface area contributed by atoms with Crippen LogP contribution < -0.4 is 4.72 Å². The first-order valence-corrected chi connectivity index (χ1v) is 10.8. The zero-order chi connectivity index (χ0) is 19.9. The Kier molecular flexibility index (Phi) is 4.87. The molecule has 0 unspecified atom stereocenters. The highest BCUT2D eigenvalue weighted by Crippen LogP contribution is 2.30. The van der Waals surface area contributed by atoms with Crippen LogP contribution in [-0.4, -0.2) is 24.5 Å². The maximum atomic E-state index is 12.5. The van der Waals surface area contributed by atoms with Gasteiger partial charge in [-0.15, -0.1) is 0 Å². The molecule has 2 heterocycles. The van der Waals surface area contributed by atoms with Crippen LogP contribution >= 0.6 is 11.6 Å². The molecular formula is C21H20ClN3O2S. The molecule has 0 amide bonds. The van der Waals surface area contributed by atoms with Gasteiger partial charge in [-0.25, -0.2) is 18.1 Å². The van der Waals surface area contributed by atoms with E-state index in [-0.39, 0.29) is 11.4 Å². The lowest BCUT2D eigenvalue weighted by Gasteiger charge is -2.10. The Morgan fingerprint density at radius 1 is 1.07 bits per heavy atom. The van der Waals surface area contributed by atoms with Crippen molar-refractivity contribution in [2.24, 2.45) is 0 Å². The lowest BCUT2D eigenvalue weighted by atomic mass is 10.1. The summed E-state index contributed by atoms with van der Waals surface area (Å²) in [5.41, 5.74) is 4.03. The van der Waals surface area contributed by atoms with Gasteiger partial charge in [0, 0.05) is 34.6 Å². The monoisotopic (exact) mass is 413 g/mol. The maximum Gasteiger partial charge on any atom is 0.240 e. The van der Waals surface area contributed by atoms with E-state index >= 15 is 0 Å². The fourth-order valence-corrected chi connectivity index (χ4v) is 4.74. The molecular weight excluding hydrogens is 394 g/mol. The first-order valence-electron chi connectivity index (χ1n) is 8.97. The molecule has 0 aliphatic rings. The second-order valence-corrected chi connectivity index (χ2v) is 9.00. The molecule has 4 aromatic rings. The van der Waals surface area contributed by atoms with Gasteiger partial charge < -0.3 is 4.57 Å². The zero-order valence-corrected chi connectivity index (χ0v) is 17.2. The quantitative estimate of drug-likeness (QED) is 0.526. The van der Waals surface area contributed by atoms with Gasteiger partial charge in [0.2, 0.25) is 10.0 Å². The topological polar surface area (TPSA) is 64.0 Å². The third kappa shape index (κ3) is 3.39. The van der Waals surface area contributed by atoms with Crippen LogP contribution in [0.4, 0.5) is 0 Å². The summed E-state index contributed by atoms with van der Waals surface area (Å²) in [5.74, 6) is 0. The average Bonchev–Trinajstić information content (AvgIpc) is 2.96. The van der Waals surface area contributed by atoms with Gasteiger partial charge in [-0.2, -0.15) is 0 Å². The molecule has 0 saturated carbocycles. The predicted molar refractivity (Wildman–Crippen MR) is 113 cm³/mol. The highest BCUT2D eigenvalue weighted by molar-refractivity contribution is 7.89. The second kappa shape index (κ2) is 7.20. The van der Waals surface area contributed by atoms with Crippen LogP contribution in [0, 0.1) is 13.8 Å². The number of hydrogen-bond acceptors (Lipinski definition) is 3. The summed E-state index contributed by atoms with van der Waals surface area (Å²) in [5, 5.41) is 2.74. The number of nitrogens with one attached hydrogen (secondary N) is 1. The van der Waals surface area contributed by atoms with Crippen LogP contribution in [0.15, 0.2) is 59.5 Å². The van der Waals surface area contributed by atoms with Crippen LogP contribution in [0.2, 0.25) is 5.02 Å². The molecule has 4 rings (SSSR count). The van der Waals surface area contributed by atoms with Gasteiger partial charge in [-0.3, -0.25) is 0 Å². The second-order valence-electron chi connectivity index (χ2n) is 6.80. The number of halogens is 1. The molecule has 0 radical (unpaired) electrons. The van der Waals surface area contributed by atoms with Crippen molar-refractivity contribution in [3.8, 4) is 0 Å². The van der Waals surface area contributed by atoms with Crippen LogP contribution in [-0.2, 0) is 16.6 Å². The average molecular weight is 414 g/mol. The van der Waals surface area contributed by atoms with Crippen LogP contribution in [0.1, 0.15) is 11.3 Å². The molecule has 5 nitrogen and oxygen atoms in total. The van der Waals surface area contributed by atoms with Gasteiger partial charge in [0.15, 0.2) is 0 Å². The van der Waals surface area contributed by atoms with Gasteiger partial charge >= 0.3 is 0 Å². The first kappa shape index (κ1) is 18.9. The summed E-state index contributed by atoms with van der Waals surface area (Å²) in [4.78, 5) is 4.93. The Labute approximate surface area is 169 Å². The molecule has 2 aromatic carbocycles. The number of pyridine rings is 1. The number of benzene rings is 2. The Hall–Kier alpha value is -2.41. The van der Waals surface area contributed by atoms with E-state index in [0.29, 0.717) is 11.6 Å². The molecule has 0 aliphatic carbocycles. The Balaban J connectivity index is 1.67. The van der Waals surface area contributed by atoms with E-state index in [9.17, 15) is 8.42 Å². The van der Waals surface area contributed by atoms with Crippen molar-refractivity contribution in [2.75, 3.05) is 6.54 Å². The van der Waals surface area contributed by atoms with Crippen molar-refractivity contribution in [3.05, 3.63) is 70.9 Å². The number of para-hydroxylation sites is 1. The van der Waals surface area contributed by atoms with E-state index in [1.165, 1.54) is 17.7 Å². The Morgan fingerprint density at radius 3 is 2.54 bits per heavy atom. The zero-order valence-electron chi connectivity index (χ0n) is 15.6. The van der Waals surface area contributed by atoms with Crippen LogP contribution in [0.3, 0.4) is 0 Å². The predicted octanol–water partition coefficient (Wildman–Crippen LogP) is 4.44. The normalized spacial score (nSPS) is 12.1. The van der Waals surface area contributed by atoms with Gasteiger partial charge in [0.25, 0.3) is 0 Å². The minimum Gasteiger partial charge on any atom is -0.324 e. The number of fused-ring (bicyclic) bond motifs is 3. The van der Waals surface area contributed by atoms with Gasteiger partial charge in [-0.05, 0) is 55.8 Å². The summed E-state index contributed by atoms with van der Waals surface area (Å²) in [6.45, 7) is 4.79. The number of hydrogen-bond donors (Lipinski definition) is 1. The minimum atomic E-state index is -3.60. The molecule has 0 saturated heterocycles. The SMILES string of the molecule is Cc1cc(C)c2c3ccccc3n(CCNS(=O)(=O)c3ccc(Cl)cc3)c2n1. The fraction of sp³-hybridized carbons (Fsp3) is 0.190. The molecule has 7 heteroatoms. The van der Waals surface area contributed by atoms with Crippen molar-refractivity contribution in [1.82, 2.24) is 14.3 Å². The van der Waals surface area contributed by atoms with E-state index in [0.717, 1.165) is 27.6 Å². The third-order valence-corrected chi connectivity index (χ3v) is 6.53. The van der Waals surface area contributed by atoms with Crippen molar-refractivity contribution in [2.45, 2.75) is 25.3 Å². The molecule has 144 valence electrons. The standard InChI is InChI=1S/C21H20ClN3O2S/c1-14-13-15(2)24-21-20(14)18-5-3-4-6-19(18)25(21)12-11-23-28(26,27)17-9-7-16(22)8-10-17/h3-10,13,23H,11-12H2,1-2H3. The van der Waals surface area contributed by atoms with Gasteiger partial charge in [0.1, 0.15) is 5.65 Å². The minimum absolute atomic E-state index is 0.198. The molecule has 1 N–H and O–H groups in total. The van der Waals surface area contributed by atoms with Crippen molar-refractivity contribution >= 4 is 43.6 Å². The van der Waals surface area contributed by atoms with E-state index in [1.54, 1.807) is 12.1 Å². The molecule has 0 fully saturated rings. The lowest BCUT2D eigenvalue weighted by Crippen LogP contribution is -2.27. The molecule has 0 bridgehead atoms. The van der Waals surface area contributed by atoms with Gasteiger partial charge in [0.05, 0.1) is 10.4 Å². The number of rotatable bonds is 5. The van der Waals surface area contributed by atoms with Crippen molar-refractivity contribution in [3.63, 3.8) is 0 Å². The Morgan fingerprint density at radius 2 is 1.79 bits per heavy atom. The molecule has 0 aliphatic heterocycles. The van der Waals surface area contributed by atoms with E-state index < -0.39 is 10.0 Å². The largest absolute Gasteiger partial charge is 0.324 e. The molecule has 2 aromatic heterocycles. The van der Waals surface area contributed by atoms with E-state index in [1.807, 2.05) is 25.1 Å². The van der Waals surface area contributed by atoms with E-state index in [4.69, 9.17) is 16.6 Å². The summed E-state index contributed by atoms with van der Waals surface area (Å²) in [6, 6.07) is 16.3. The summed E-state index contributed by atoms with van der Waals surface area (Å²) >= 11 is 5.84. The highest BCUT2D eigenvalue weighted by Gasteiger charge is 2.16. The van der Waals surface area contributed by atoms with Crippen molar-refractivity contribution < 1.29 is 8.42 Å². The lowest BCUT2D eigenvalue weighted by molar-refractivity contribution is 0.575. The van der Waals surface area contributed by atoms with Crippen molar-refractivity contribution in [1.29, 1.82) is 0 Å². The fourth-order valence-electron chi connectivity index (χ4n) is 3.60. The number of aromatic nitrogens is 2. The first-order chi connectivity index (χ1) is 13.4. The smallest absolute Gasteiger partial charge is 0.240 e. The number of sulfonamides is 1. The van der Waals surface area contributed by atoms with E-state index in [2.05, 4.69) is 28.3 Å². The summed E-state index contributed by atoms with van der Waals surface area (Å²) in [7, 11) is -3.60. The molecule has 28 heavy (non-hydrogen) atoms. The number of aryl methyl sites for hydroxylation is 2. The van der Waals surface area contributed by atoms with Crippen LogP contribution in [0.25, 0.3) is 21.9 Å². The highest BCUT2D eigenvalue weighted by atomic mass is 35.5. The Bertz CT molecular complexity index is 1280. The molecule has 0 atom stereocenters.